The lowest BCUT2D eigenvalue weighted by atomic mass is 9.50. The van der Waals surface area contributed by atoms with Crippen molar-refractivity contribution in [1.29, 1.82) is 0 Å². The van der Waals surface area contributed by atoms with Crippen LogP contribution in [0.15, 0.2) is 24.0 Å². The Morgan fingerprint density at radius 2 is 1.85 bits per heavy atom. The predicted octanol–water partition coefficient (Wildman–Crippen LogP) is -0.930. The molecule has 210 valence electrons. The van der Waals surface area contributed by atoms with Crippen LogP contribution in [0.5, 0.6) is 11.5 Å². The minimum atomic E-state index is -2.44. The summed E-state index contributed by atoms with van der Waals surface area (Å²) in [5, 5.41) is 60.0. The molecule has 1 saturated heterocycles. The maximum Gasteiger partial charge on any atom is 0.335 e. The summed E-state index contributed by atoms with van der Waals surface area (Å²) in [4.78, 5) is 49.7. The largest absolute Gasteiger partial charge is 0.504 e. The average molecular weight is 548 g/mol. The zero-order valence-corrected chi connectivity index (χ0v) is 20.9. The highest BCUT2D eigenvalue weighted by Crippen LogP contribution is 2.65. The molecule has 5 rings (SSSR count). The molecule has 39 heavy (non-hydrogen) atoms. The van der Waals surface area contributed by atoms with Crippen LogP contribution in [-0.2, 0) is 35.8 Å². The number of carbonyl (C=O) groups excluding carboxylic acids is 2. The van der Waals surface area contributed by atoms with Crippen LogP contribution in [0.25, 0.3) is 0 Å². The maximum absolute atomic E-state index is 12.9. The molecule has 0 unspecified atom stereocenters. The Balaban J connectivity index is 1.39. The predicted molar refractivity (Wildman–Crippen MR) is 128 cm³/mol. The van der Waals surface area contributed by atoms with Gasteiger partial charge in [-0.3, -0.25) is 14.4 Å². The third-order valence-corrected chi connectivity index (χ3v) is 8.68. The molecular weight excluding hydrogens is 518 g/mol. The van der Waals surface area contributed by atoms with Crippen LogP contribution in [-0.4, -0.2) is 103 Å². The minimum absolute atomic E-state index is 0.0493. The Morgan fingerprint density at radius 3 is 2.51 bits per heavy atom. The molecule has 4 aliphatic rings. The number of likely N-dealkylation sites (N-methyl/N-ethyl adjacent to an activating group) is 1. The van der Waals surface area contributed by atoms with Gasteiger partial charge in [-0.2, -0.15) is 0 Å². The number of aliphatic hydroxyl groups is 3. The van der Waals surface area contributed by atoms with Crippen LogP contribution in [0.1, 0.15) is 36.8 Å². The van der Waals surface area contributed by atoms with Crippen molar-refractivity contribution in [3.63, 3.8) is 0 Å². The summed E-state index contributed by atoms with van der Waals surface area (Å²) in [6, 6.07) is 3.05. The molecule has 2 aliphatic carbocycles. The van der Waals surface area contributed by atoms with Crippen molar-refractivity contribution < 1.29 is 59.3 Å². The number of benzene rings is 1. The van der Waals surface area contributed by atoms with Crippen molar-refractivity contribution in [3.8, 4) is 11.5 Å². The number of phenolic OH excluding ortho intramolecular Hbond substituents is 1. The van der Waals surface area contributed by atoms with E-state index in [0.717, 1.165) is 5.56 Å². The molecule has 2 bridgehead atoms. The van der Waals surface area contributed by atoms with Gasteiger partial charge in [0, 0.05) is 24.4 Å². The molecule has 2 heterocycles. The number of nitrogens with zero attached hydrogens (tertiary/aromatic N) is 1. The molecule has 1 aromatic rings. The number of likely N-dealkylation sites (tertiary alicyclic amines) is 1. The highest BCUT2D eigenvalue weighted by atomic mass is 16.6. The Hall–Kier alpha value is -3.52. The quantitative estimate of drug-likeness (QED) is 0.207. The minimum Gasteiger partial charge on any atom is -0.504 e. The molecule has 13 heteroatoms. The number of esters is 1. The Morgan fingerprint density at radius 1 is 1.13 bits per heavy atom. The number of aromatic hydroxyl groups is 1. The number of rotatable bonds is 9. The van der Waals surface area contributed by atoms with Gasteiger partial charge in [-0.15, -0.1) is 0 Å². The number of hydrogen-bond donors (Lipinski definition) is 6. The number of aliphatic hydroxyl groups excluding tert-OH is 2. The third-order valence-electron chi connectivity index (χ3n) is 8.68. The lowest BCUT2D eigenvalue weighted by Gasteiger charge is -2.61. The van der Waals surface area contributed by atoms with Gasteiger partial charge in [0.1, 0.15) is 11.9 Å². The molecule has 1 spiro atoms. The SMILES string of the molecule is CN1CC[C@]23c4c5ccc(O)c4O[C@H]2C(OC(=O)C[C@H](CC(=O)[C@H](O)[C@@H](O)C(=O)O)C(=O)O)=CC[C@@]3(O)[C@H]1C5. The number of ether oxygens (including phenoxy) is 2. The number of Topliss-reactive ketones (excluding diaryl/α,β-unsaturated/α-hetero) is 1. The summed E-state index contributed by atoms with van der Waals surface area (Å²) in [6.07, 6.45) is -4.90. The number of carbonyl (C=O) groups is 4. The van der Waals surface area contributed by atoms with Gasteiger partial charge < -0.3 is 45.0 Å². The number of hydrogen-bond acceptors (Lipinski definition) is 11. The zero-order valence-electron chi connectivity index (χ0n) is 20.9. The highest BCUT2D eigenvalue weighted by Gasteiger charge is 2.72. The lowest BCUT2D eigenvalue weighted by Crippen LogP contribution is -2.74. The van der Waals surface area contributed by atoms with Gasteiger partial charge in [0.2, 0.25) is 0 Å². The second kappa shape index (κ2) is 9.30. The summed E-state index contributed by atoms with van der Waals surface area (Å²) < 4.78 is 11.7. The van der Waals surface area contributed by atoms with Crippen LogP contribution < -0.4 is 4.74 Å². The molecule has 0 aromatic heterocycles. The van der Waals surface area contributed by atoms with E-state index >= 15 is 0 Å². The van der Waals surface area contributed by atoms with Crippen LogP contribution in [0, 0.1) is 5.92 Å². The second-order valence-electron chi connectivity index (χ2n) is 10.7. The van der Waals surface area contributed by atoms with E-state index in [0.29, 0.717) is 24.9 Å². The Bertz CT molecular complexity index is 1290. The second-order valence-corrected chi connectivity index (χ2v) is 10.7. The molecule has 0 amide bonds. The van der Waals surface area contributed by atoms with Gasteiger partial charge >= 0.3 is 17.9 Å². The molecule has 0 radical (unpaired) electrons. The molecule has 0 saturated carbocycles. The van der Waals surface area contributed by atoms with Gasteiger partial charge in [-0.1, -0.05) is 6.07 Å². The van der Waals surface area contributed by atoms with Gasteiger partial charge in [-0.05, 0) is 44.1 Å². The van der Waals surface area contributed by atoms with E-state index in [2.05, 4.69) is 4.90 Å². The van der Waals surface area contributed by atoms with Crippen LogP contribution in [0.2, 0.25) is 0 Å². The topological polar surface area (TPSA) is 211 Å². The first kappa shape index (κ1) is 27.1. The van der Waals surface area contributed by atoms with E-state index in [1.165, 1.54) is 12.1 Å². The van der Waals surface area contributed by atoms with E-state index in [1.54, 1.807) is 6.07 Å². The van der Waals surface area contributed by atoms with Crippen molar-refractivity contribution in [2.24, 2.45) is 5.92 Å². The summed E-state index contributed by atoms with van der Waals surface area (Å²) in [7, 11) is 1.92. The molecule has 1 aromatic carbocycles. The number of phenols is 1. The Kier molecular flexibility index (Phi) is 6.45. The number of carboxylic acids is 2. The summed E-state index contributed by atoms with van der Waals surface area (Å²) >= 11 is 0. The van der Waals surface area contributed by atoms with Crippen LogP contribution >= 0.6 is 0 Å². The molecule has 6 N–H and O–H groups in total. The van der Waals surface area contributed by atoms with E-state index in [4.69, 9.17) is 14.6 Å². The number of piperidine rings is 1. The van der Waals surface area contributed by atoms with Crippen molar-refractivity contribution in [1.82, 2.24) is 4.90 Å². The van der Waals surface area contributed by atoms with E-state index in [1.807, 2.05) is 7.05 Å². The van der Waals surface area contributed by atoms with Crippen molar-refractivity contribution in [3.05, 3.63) is 35.1 Å². The van der Waals surface area contributed by atoms with Gasteiger partial charge in [0.15, 0.2) is 29.5 Å². The number of aliphatic carboxylic acids is 2. The van der Waals surface area contributed by atoms with E-state index < -0.39 is 71.8 Å². The normalized spacial score (nSPS) is 30.7. The maximum atomic E-state index is 12.9. The highest BCUT2D eigenvalue weighted by molar-refractivity contribution is 5.92. The zero-order chi connectivity index (χ0) is 28.4. The average Bonchev–Trinajstić information content (AvgIpc) is 3.24. The molecule has 7 atom stereocenters. The van der Waals surface area contributed by atoms with Gasteiger partial charge in [-0.25, -0.2) is 4.79 Å². The van der Waals surface area contributed by atoms with E-state index in [-0.39, 0.29) is 29.7 Å². The Labute approximate surface area is 221 Å². The molecule has 2 aliphatic heterocycles. The fourth-order valence-corrected chi connectivity index (χ4v) is 6.73. The lowest BCUT2D eigenvalue weighted by molar-refractivity contribution is -0.170. The summed E-state index contributed by atoms with van der Waals surface area (Å²) in [5.41, 5.74) is -0.717. The van der Waals surface area contributed by atoms with E-state index in [9.17, 15) is 44.7 Å². The molecular formula is C26H29NO12. The van der Waals surface area contributed by atoms with Gasteiger partial charge in [0.05, 0.1) is 23.4 Å². The third kappa shape index (κ3) is 3.91. The molecule has 13 nitrogen and oxygen atoms in total. The standard InChI is InChI=1S/C26H29NO12/c1-27-7-6-25-18-11-2-3-13(28)21(18)39-22(25)15(4-5-26(25,37)16(27)9-11)38-17(30)10-12(23(33)34)8-14(29)19(31)20(32)24(35)36/h2-4,12,16,19-20,22,28,31-32,37H,5-10H2,1H3,(H,33,34)(H,35,36)/t12-,16+,19-,20+,22-,25-,26+/m0/s1. The first-order valence-electron chi connectivity index (χ1n) is 12.5. The fourth-order valence-electron chi connectivity index (χ4n) is 6.73. The first-order valence-corrected chi connectivity index (χ1v) is 12.5. The number of carboxylic acid groups (broad SMARTS) is 2. The summed E-state index contributed by atoms with van der Waals surface area (Å²) in [6.45, 7) is 0.607. The van der Waals surface area contributed by atoms with Crippen LogP contribution in [0.4, 0.5) is 0 Å². The summed E-state index contributed by atoms with van der Waals surface area (Å²) in [5.74, 6) is -7.24. The first-order chi connectivity index (χ1) is 18.3. The fraction of sp³-hybridized carbons (Fsp3) is 0.538. The van der Waals surface area contributed by atoms with Crippen LogP contribution in [0.3, 0.4) is 0 Å². The van der Waals surface area contributed by atoms with Gasteiger partial charge in [0.25, 0.3) is 0 Å². The monoisotopic (exact) mass is 547 g/mol. The van der Waals surface area contributed by atoms with Crippen molar-refractivity contribution in [2.45, 2.75) is 67.5 Å². The smallest absolute Gasteiger partial charge is 0.335 e. The van der Waals surface area contributed by atoms with Crippen molar-refractivity contribution in [2.75, 3.05) is 13.6 Å². The van der Waals surface area contributed by atoms with Crippen molar-refractivity contribution >= 4 is 23.7 Å². The molecule has 1 fully saturated rings. The number of ketones is 1.